The van der Waals surface area contributed by atoms with Crippen molar-refractivity contribution in [2.24, 2.45) is 0 Å². The van der Waals surface area contributed by atoms with Crippen molar-refractivity contribution >= 4 is 75.4 Å². The van der Waals surface area contributed by atoms with E-state index < -0.39 is 0 Å². The number of benzene rings is 8. The number of hydrogen-bond donors (Lipinski definition) is 0. The van der Waals surface area contributed by atoms with Crippen molar-refractivity contribution in [2.45, 2.75) is 105 Å². The van der Waals surface area contributed by atoms with E-state index in [-0.39, 0.29) is 21.7 Å². The molecule has 0 atom stereocenters. The molecule has 0 aromatic heterocycles. The van der Waals surface area contributed by atoms with Crippen LogP contribution in [0.4, 0.5) is 0 Å². The third-order valence-electron chi connectivity index (χ3n) is 11.4. The topological polar surface area (TPSA) is 0 Å². The van der Waals surface area contributed by atoms with Gasteiger partial charge < -0.3 is 0 Å². The van der Waals surface area contributed by atoms with Crippen LogP contribution >= 0.6 is 0 Å². The van der Waals surface area contributed by atoms with E-state index >= 15 is 0 Å². The lowest BCUT2D eigenvalue weighted by Gasteiger charge is -2.26. The summed E-state index contributed by atoms with van der Waals surface area (Å²) >= 11 is 0. The molecule has 252 valence electrons. The third-order valence-corrected chi connectivity index (χ3v) is 11.4. The first-order valence-corrected chi connectivity index (χ1v) is 18.5. The van der Waals surface area contributed by atoms with Crippen molar-refractivity contribution in [3.05, 3.63) is 119 Å². The fraction of sp³-hybridized carbons (Fsp3) is 0.320. The van der Waals surface area contributed by atoms with Gasteiger partial charge in [0.15, 0.2) is 0 Å². The van der Waals surface area contributed by atoms with E-state index in [1.165, 1.54) is 97.7 Å². The van der Waals surface area contributed by atoms with E-state index in [2.05, 4.69) is 180 Å². The molecule has 0 aliphatic heterocycles. The first-order valence-electron chi connectivity index (χ1n) is 18.5. The second kappa shape index (κ2) is 10.6. The van der Waals surface area contributed by atoms with Crippen molar-refractivity contribution in [1.29, 1.82) is 0 Å². The highest BCUT2D eigenvalue weighted by atomic mass is 14.3. The molecule has 0 unspecified atom stereocenters. The van der Waals surface area contributed by atoms with E-state index in [4.69, 9.17) is 0 Å². The molecule has 0 saturated heterocycles. The molecule has 0 N–H and O–H groups in total. The Balaban J connectivity index is 1.80. The van der Waals surface area contributed by atoms with Crippen molar-refractivity contribution < 1.29 is 0 Å². The van der Waals surface area contributed by atoms with Crippen LogP contribution in [0.2, 0.25) is 0 Å². The molecule has 50 heavy (non-hydrogen) atoms. The van der Waals surface area contributed by atoms with E-state index in [1.807, 2.05) is 0 Å². The zero-order chi connectivity index (χ0) is 35.7. The van der Waals surface area contributed by atoms with Crippen molar-refractivity contribution in [3.63, 3.8) is 0 Å². The van der Waals surface area contributed by atoms with Crippen LogP contribution in [0.3, 0.4) is 0 Å². The van der Waals surface area contributed by atoms with Gasteiger partial charge in [-0.25, -0.2) is 0 Å². The van der Waals surface area contributed by atoms with Crippen LogP contribution in [-0.2, 0) is 21.7 Å². The van der Waals surface area contributed by atoms with Gasteiger partial charge in [-0.2, -0.15) is 0 Å². The van der Waals surface area contributed by atoms with Crippen molar-refractivity contribution in [3.8, 4) is 0 Å². The van der Waals surface area contributed by atoms with Crippen LogP contribution in [0.5, 0.6) is 0 Å². The Morgan fingerprint density at radius 2 is 0.480 bits per heavy atom. The lowest BCUT2D eigenvalue weighted by molar-refractivity contribution is 0.590. The molecule has 0 bridgehead atoms. The average molecular weight is 653 g/mol. The molecular formula is C50H52. The van der Waals surface area contributed by atoms with Crippen LogP contribution in [0.15, 0.2) is 97.1 Å². The maximum atomic E-state index is 2.53. The predicted molar refractivity (Wildman–Crippen MR) is 224 cm³/mol. The lowest BCUT2D eigenvalue weighted by atomic mass is 9.78. The maximum absolute atomic E-state index is 2.53. The van der Waals surface area contributed by atoms with Gasteiger partial charge in [-0.3, -0.25) is 0 Å². The Bertz CT molecular complexity index is 2520. The maximum Gasteiger partial charge on any atom is -0.000730 e. The standard InChI is InChI=1S/C50H52/c1-47(2,3)29-17-21-33-35-23-19-31(49(7,8)9)27-41(35)45-43(39(33)25-29)37-15-13-14-16-38(37)44-40-26-30(48(4,5)6)18-22-34(40)36-24-20-32(50(10,11)12)28-42(36)46(44)45/h13-28H,1-12H3. The summed E-state index contributed by atoms with van der Waals surface area (Å²) in [6.45, 7) is 28.0. The molecule has 0 heteroatoms. The minimum atomic E-state index is 0.0218. The first kappa shape index (κ1) is 32.8. The molecule has 0 aliphatic carbocycles. The fourth-order valence-corrected chi connectivity index (χ4v) is 8.35. The second-order valence-corrected chi connectivity index (χ2v) is 19.1. The molecular weight excluding hydrogens is 601 g/mol. The number of rotatable bonds is 0. The number of fused-ring (bicyclic) bond motifs is 16. The normalized spacial score (nSPS) is 13.6. The first-order chi connectivity index (χ1) is 23.3. The summed E-state index contributed by atoms with van der Waals surface area (Å²) in [6.07, 6.45) is 0. The summed E-state index contributed by atoms with van der Waals surface area (Å²) in [6, 6.07) is 38.4. The largest absolute Gasteiger partial charge is 0.0616 e. The van der Waals surface area contributed by atoms with E-state index in [1.54, 1.807) is 0 Å². The zero-order valence-corrected chi connectivity index (χ0v) is 32.2. The molecule has 0 fully saturated rings. The van der Waals surface area contributed by atoms with Gasteiger partial charge in [0.05, 0.1) is 0 Å². The van der Waals surface area contributed by atoms with Gasteiger partial charge in [0.2, 0.25) is 0 Å². The third kappa shape index (κ3) is 4.93. The molecule has 0 aliphatic rings. The SMILES string of the molecule is CC(C)(C)c1ccc2c3ccc(C(C)(C)C)cc3c3c(c2c1)c1ccccc1c1c2cc(C(C)(C)C)ccc2c2ccc(C(C)(C)C)cc2c13. The molecule has 0 heterocycles. The highest BCUT2D eigenvalue weighted by molar-refractivity contribution is 6.46. The summed E-state index contributed by atoms with van der Waals surface area (Å²) < 4.78 is 0. The Morgan fingerprint density at radius 3 is 0.720 bits per heavy atom. The fourth-order valence-electron chi connectivity index (χ4n) is 8.35. The van der Waals surface area contributed by atoms with Crippen LogP contribution in [0.1, 0.15) is 105 Å². The van der Waals surface area contributed by atoms with Crippen molar-refractivity contribution in [2.75, 3.05) is 0 Å². The molecule has 8 rings (SSSR count). The lowest BCUT2D eigenvalue weighted by Crippen LogP contribution is -2.11. The Kier molecular flexibility index (Phi) is 6.91. The van der Waals surface area contributed by atoms with E-state index in [9.17, 15) is 0 Å². The molecule has 0 spiro atoms. The van der Waals surface area contributed by atoms with Gasteiger partial charge in [-0.05, 0) is 144 Å². The Labute approximate surface area is 298 Å². The quantitative estimate of drug-likeness (QED) is 0.143. The van der Waals surface area contributed by atoms with Crippen molar-refractivity contribution in [1.82, 2.24) is 0 Å². The van der Waals surface area contributed by atoms with Gasteiger partial charge in [0.25, 0.3) is 0 Å². The summed E-state index contributed by atoms with van der Waals surface area (Å²) in [5.41, 5.74) is 5.59. The molecule has 0 nitrogen and oxygen atoms in total. The van der Waals surface area contributed by atoms with Gasteiger partial charge in [-0.15, -0.1) is 0 Å². The van der Waals surface area contributed by atoms with Crippen LogP contribution in [0, 0.1) is 0 Å². The average Bonchev–Trinajstić information content (AvgIpc) is 3.05. The van der Waals surface area contributed by atoms with Gasteiger partial charge >= 0.3 is 0 Å². The zero-order valence-electron chi connectivity index (χ0n) is 32.2. The number of hydrogen-bond acceptors (Lipinski definition) is 0. The Hall–Kier alpha value is -4.42. The minimum Gasteiger partial charge on any atom is -0.0616 e. The van der Waals surface area contributed by atoms with Gasteiger partial charge in [0.1, 0.15) is 0 Å². The van der Waals surface area contributed by atoms with Crippen LogP contribution in [-0.4, -0.2) is 0 Å². The second-order valence-electron chi connectivity index (χ2n) is 19.1. The molecule has 0 amide bonds. The molecule has 0 saturated carbocycles. The Morgan fingerprint density at radius 1 is 0.240 bits per heavy atom. The summed E-state index contributed by atoms with van der Waals surface area (Å²) in [5, 5.41) is 18.9. The molecule has 8 aromatic carbocycles. The summed E-state index contributed by atoms with van der Waals surface area (Å²) in [7, 11) is 0. The van der Waals surface area contributed by atoms with Gasteiger partial charge in [-0.1, -0.05) is 156 Å². The predicted octanol–water partition coefficient (Wildman–Crippen LogP) is 14.9. The van der Waals surface area contributed by atoms with E-state index in [0.717, 1.165) is 0 Å². The highest BCUT2D eigenvalue weighted by Gasteiger charge is 2.25. The van der Waals surface area contributed by atoms with Crippen LogP contribution < -0.4 is 0 Å². The molecule has 8 aromatic rings. The highest BCUT2D eigenvalue weighted by Crippen LogP contribution is 2.50. The van der Waals surface area contributed by atoms with Crippen LogP contribution in [0.25, 0.3) is 75.4 Å². The molecule has 0 radical (unpaired) electrons. The minimum absolute atomic E-state index is 0.0218. The smallest absolute Gasteiger partial charge is 0.000730 e. The van der Waals surface area contributed by atoms with E-state index in [0.29, 0.717) is 0 Å². The summed E-state index contributed by atoms with van der Waals surface area (Å²) in [4.78, 5) is 0. The van der Waals surface area contributed by atoms with Gasteiger partial charge in [0, 0.05) is 0 Å². The summed E-state index contributed by atoms with van der Waals surface area (Å²) in [5.74, 6) is 0. The monoisotopic (exact) mass is 652 g/mol.